The summed E-state index contributed by atoms with van der Waals surface area (Å²) in [6.45, 7) is 0.940. The molecule has 1 saturated heterocycles. The number of rotatable bonds is 1. The summed E-state index contributed by atoms with van der Waals surface area (Å²) in [7, 11) is 0. The molecule has 0 unspecified atom stereocenters. The molecule has 2 rings (SSSR count). The number of carbonyl (C=O) groups is 1. The molecule has 1 aromatic carbocycles. The SMILES string of the molecule is O=C1NCCN1c1ccc(C(F)(F)F)cc1Br. The summed E-state index contributed by atoms with van der Waals surface area (Å²) in [6, 6.07) is 2.93. The smallest absolute Gasteiger partial charge is 0.336 e. The first-order valence-corrected chi connectivity index (χ1v) is 5.61. The molecule has 1 N–H and O–H groups in total. The van der Waals surface area contributed by atoms with E-state index >= 15 is 0 Å². The highest BCUT2D eigenvalue weighted by Crippen LogP contribution is 2.35. The average molecular weight is 309 g/mol. The highest BCUT2D eigenvalue weighted by molar-refractivity contribution is 9.10. The van der Waals surface area contributed by atoms with E-state index in [-0.39, 0.29) is 10.5 Å². The minimum Gasteiger partial charge on any atom is -0.336 e. The predicted octanol–water partition coefficient (Wildman–Crippen LogP) is 3.00. The van der Waals surface area contributed by atoms with Crippen molar-refractivity contribution in [1.29, 1.82) is 0 Å². The molecule has 1 fully saturated rings. The molecule has 7 heteroatoms. The summed E-state index contributed by atoms with van der Waals surface area (Å²) in [4.78, 5) is 12.8. The van der Waals surface area contributed by atoms with Crippen LogP contribution in [0.5, 0.6) is 0 Å². The number of anilines is 1. The van der Waals surface area contributed by atoms with Crippen molar-refractivity contribution in [1.82, 2.24) is 5.32 Å². The molecule has 1 aromatic rings. The van der Waals surface area contributed by atoms with Crippen molar-refractivity contribution < 1.29 is 18.0 Å². The maximum absolute atomic E-state index is 12.4. The molecule has 0 atom stereocenters. The van der Waals surface area contributed by atoms with E-state index in [0.717, 1.165) is 12.1 Å². The van der Waals surface area contributed by atoms with Crippen LogP contribution >= 0.6 is 15.9 Å². The Morgan fingerprint density at radius 2 is 2.06 bits per heavy atom. The molecule has 92 valence electrons. The first-order valence-electron chi connectivity index (χ1n) is 4.82. The number of halogens is 4. The van der Waals surface area contributed by atoms with Crippen LogP contribution in [0.4, 0.5) is 23.7 Å². The third-order valence-electron chi connectivity index (χ3n) is 2.42. The van der Waals surface area contributed by atoms with Gasteiger partial charge >= 0.3 is 12.2 Å². The lowest BCUT2D eigenvalue weighted by molar-refractivity contribution is -0.137. The molecule has 0 saturated carbocycles. The lowest BCUT2D eigenvalue weighted by atomic mass is 10.2. The third-order valence-corrected chi connectivity index (χ3v) is 3.06. The number of nitrogens with zero attached hydrogens (tertiary/aromatic N) is 1. The molecule has 3 nitrogen and oxygen atoms in total. The van der Waals surface area contributed by atoms with Gasteiger partial charge in [0.2, 0.25) is 0 Å². The molecule has 1 aliphatic heterocycles. The normalized spacial score (nSPS) is 16.2. The lowest BCUT2D eigenvalue weighted by Gasteiger charge is -2.17. The number of carbonyl (C=O) groups excluding carboxylic acids is 1. The maximum atomic E-state index is 12.4. The summed E-state index contributed by atoms with van der Waals surface area (Å²) in [6.07, 6.45) is -4.38. The van der Waals surface area contributed by atoms with Gasteiger partial charge in [0, 0.05) is 17.6 Å². The Balaban J connectivity index is 2.35. The van der Waals surface area contributed by atoms with Crippen LogP contribution in [-0.4, -0.2) is 19.1 Å². The molecule has 0 bridgehead atoms. The van der Waals surface area contributed by atoms with Crippen molar-refractivity contribution in [2.45, 2.75) is 6.18 Å². The first-order chi connectivity index (χ1) is 7.89. The second-order valence-corrected chi connectivity index (χ2v) is 4.40. The van der Waals surface area contributed by atoms with Crippen molar-refractivity contribution in [3.05, 3.63) is 28.2 Å². The van der Waals surface area contributed by atoms with E-state index in [9.17, 15) is 18.0 Å². The van der Waals surface area contributed by atoms with Gasteiger partial charge in [0.1, 0.15) is 0 Å². The fourth-order valence-electron chi connectivity index (χ4n) is 1.60. The zero-order valence-electron chi connectivity index (χ0n) is 8.51. The maximum Gasteiger partial charge on any atom is 0.416 e. The van der Waals surface area contributed by atoms with Gasteiger partial charge in [-0.25, -0.2) is 4.79 Å². The number of benzene rings is 1. The van der Waals surface area contributed by atoms with E-state index in [4.69, 9.17) is 0 Å². The molecule has 0 aromatic heterocycles. The minimum absolute atomic E-state index is 0.254. The predicted molar refractivity (Wildman–Crippen MR) is 59.9 cm³/mol. The number of amides is 2. The van der Waals surface area contributed by atoms with E-state index in [1.807, 2.05) is 0 Å². The topological polar surface area (TPSA) is 32.3 Å². The van der Waals surface area contributed by atoms with Gasteiger partial charge < -0.3 is 5.32 Å². The van der Waals surface area contributed by atoms with Crippen molar-refractivity contribution in [3.8, 4) is 0 Å². The summed E-state index contributed by atoms with van der Waals surface area (Å²) >= 11 is 3.06. The van der Waals surface area contributed by atoms with Crippen molar-refractivity contribution in [2.75, 3.05) is 18.0 Å². The van der Waals surface area contributed by atoms with Gasteiger partial charge in [-0.3, -0.25) is 4.90 Å². The second kappa shape index (κ2) is 4.21. The van der Waals surface area contributed by atoms with Crippen LogP contribution in [0.25, 0.3) is 0 Å². The largest absolute Gasteiger partial charge is 0.416 e. The Morgan fingerprint density at radius 1 is 1.35 bits per heavy atom. The Kier molecular flexibility index (Phi) is 3.03. The Labute approximate surface area is 104 Å². The summed E-state index contributed by atoms with van der Waals surface area (Å²) in [5.41, 5.74) is -0.305. The molecule has 1 heterocycles. The zero-order valence-corrected chi connectivity index (χ0v) is 10.1. The van der Waals surface area contributed by atoms with Crippen LogP contribution in [0.15, 0.2) is 22.7 Å². The van der Waals surface area contributed by atoms with Crippen molar-refractivity contribution >= 4 is 27.6 Å². The molecule has 1 aliphatic rings. The average Bonchev–Trinajstić information content (AvgIpc) is 2.63. The molecular weight excluding hydrogens is 301 g/mol. The molecular formula is C10H8BrF3N2O. The highest BCUT2D eigenvalue weighted by atomic mass is 79.9. The molecule has 0 aliphatic carbocycles. The van der Waals surface area contributed by atoms with Crippen LogP contribution in [0, 0.1) is 0 Å². The first kappa shape index (κ1) is 12.2. The fourth-order valence-corrected chi connectivity index (χ4v) is 2.20. The minimum atomic E-state index is -4.38. The Bertz CT molecular complexity index is 461. The van der Waals surface area contributed by atoms with Gasteiger partial charge in [-0.2, -0.15) is 13.2 Å². The summed E-state index contributed by atoms with van der Waals surface area (Å²) in [5.74, 6) is 0. The van der Waals surface area contributed by atoms with Crippen LogP contribution in [-0.2, 0) is 6.18 Å². The number of urea groups is 1. The monoisotopic (exact) mass is 308 g/mol. The number of alkyl halides is 3. The summed E-state index contributed by atoms with van der Waals surface area (Å²) in [5, 5.41) is 2.58. The molecule has 17 heavy (non-hydrogen) atoms. The van der Waals surface area contributed by atoms with Crippen LogP contribution in [0.1, 0.15) is 5.56 Å². The van der Waals surface area contributed by atoms with E-state index in [2.05, 4.69) is 21.2 Å². The second-order valence-electron chi connectivity index (χ2n) is 3.55. The van der Waals surface area contributed by atoms with Gasteiger partial charge in [-0.05, 0) is 34.1 Å². The highest BCUT2D eigenvalue weighted by Gasteiger charge is 2.32. The molecule has 0 radical (unpaired) electrons. The quantitative estimate of drug-likeness (QED) is 0.850. The van der Waals surface area contributed by atoms with E-state index in [1.165, 1.54) is 11.0 Å². The van der Waals surface area contributed by atoms with Crippen LogP contribution in [0.2, 0.25) is 0 Å². The van der Waals surface area contributed by atoms with Crippen LogP contribution < -0.4 is 10.2 Å². The van der Waals surface area contributed by atoms with Crippen molar-refractivity contribution in [3.63, 3.8) is 0 Å². The lowest BCUT2D eigenvalue weighted by Crippen LogP contribution is -2.28. The van der Waals surface area contributed by atoms with Gasteiger partial charge in [-0.1, -0.05) is 0 Å². The van der Waals surface area contributed by atoms with E-state index < -0.39 is 11.7 Å². The van der Waals surface area contributed by atoms with Gasteiger partial charge in [-0.15, -0.1) is 0 Å². The molecule has 0 spiro atoms. The summed E-state index contributed by atoms with van der Waals surface area (Å²) < 4.78 is 37.6. The van der Waals surface area contributed by atoms with E-state index in [0.29, 0.717) is 18.8 Å². The van der Waals surface area contributed by atoms with Gasteiger partial charge in [0.15, 0.2) is 0 Å². The zero-order chi connectivity index (χ0) is 12.6. The van der Waals surface area contributed by atoms with E-state index in [1.54, 1.807) is 0 Å². The van der Waals surface area contributed by atoms with Gasteiger partial charge in [0.05, 0.1) is 11.3 Å². The number of nitrogens with one attached hydrogen (secondary N) is 1. The number of hydrogen-bond acceptors (Lipinski definition) is 1. The molecule has 2 amide bonds. The fraction of sp³-hybridized carbons (Fsp3) is 0.300. The van der Waals surface area contributed by atoms with Crippen LogP contribution in [0.3, 0.4) is 0 Å². The standard InChI is InChI=1S/C10H8BrF3N2O/c11-7-5-6(10(12,13)14)1-2-8(7)16-4-3-15-9(16)17/h1-2,5H,3-4H2,(H,15,17). The van der Waals surface area contributed by atoms with Gasteiger partial charge in [0.25, 0.3) is 0 Å². The third kappa shape index (κ3) is 2.38. The number of hydrogen-bond donors (Lipinski definition) is 1. The Hall–Kier alpha value is -1.24. The van der Waals surface area contributed by atoms with Crippen molar-refractivity contribution in [2.24, 2.45) is 0 Å². The Morgan fingerprint density at radius 3 is 2.53 bits per heavy atom.